The van der Waals surface area contributed by atoms with Crippen LogP contribution in [-0.4, -0.2) is 44.4 Å². The molecule has 26 heavy (non-hydrogen) atoms. The highest BCUT2D eigenvalue weighted by Crippen LogP contribution is 2.40. The Hall–Kier alpha value is -2.74. The van der Waals surface area contributed by atoms with Crippen LogP contribution in [0.5, 0.6) is 23.0 Å². The minimum atomic E-state index is 0.161. The Labute approximate surface area is 153 Å². The highest BCUT2D eigenvalue weighted by Gasteiger charge is 2.17. The fraction of sp³-hybridized carbons (Fsp3) is 0.444. The number of aromatic nitrogens is 2. The Morgan fingerprint density at radius 1 is 1.04 bits per heavy atom. The maximum atomic E-state index is 6.11. The molecule has 142 valence electrons. The Balaban J connectivity index is 2.40. The van der Waals surface area contributed by atoms with Gasteiger partial charge in [-0.3, -0.25) is 0 Å². The molecule has 0 aliphatic carbocycles. The number of anilines is 2. The smallest absolute Gasteiger partial charge is 0.222 e. The number of rotatable bonds is 9. The number of ether oxygens (including phenoxy) is 4. The van der Waals surface area contributed by atoms with E-state index in [0.717, 1.165) is 5.56 Å². The van der Waals surface area contributed by atoms with Gasteiger partial charge in [-0.1, -0.05) is 13.8 Å². The van der Waals surface area contributed by atoms with Gasteiger partial charge >= 0.3 is 0 Å². The molecule has 0 unspecified atom stereocenters. The van der Waals surface area contributed by atoms with Crippen LogP contribution in [0.25, 0.3) is 0 Å². The molecule has 0 fully saturated rings. The standard InChI is InChI=1S/C18H26N4O4/c1-11(2)12-8-14(24-4)15(25-5)9-13(12)26-16-10-21-18(19)22-17(16)20-6-7-23-3/h8-11H,6-7H2,1-5H3,(H3,19,20,21,22). The monoisotopic (exact) mass is 362 g/mol. The van der Waals surface area contributed by atoms with E-state index in [9.17, 15) is 0 Å². The molecule has 8 nitrogen and oxygen atoms in total. The molecule has 0 spiro atoms. The molecule has 0 radical (unpaired) electrons. The predicted octanol–water partition coefficient (Wildman–Crippen LogP) is 3.05. The van der Waals surface area contributed by atoms with Crippen molar-refractivity contribution < 1.29 is 18.9 Å². The number of benzene rings is 1. The first-order chi connectivity index (χ1) is 12.5. The van der Waals surface area contributed by atoms with Crippen LogP contribution in [0.2, 0.25) is 0 Å². The van der Waals surface area contributed by atoms with E-state index in [1.807, 2.05) is 6.07 Å². The summed E-state index contributed by atoms with van der Waals surface area (Å²) >= 11 is 0. The number of nitrogens with two attached hydrogens (primary N) is 1. The number of hydrogen-bond acceptors (Lipinski definition) is 8. The molecule has 0 aliphatic heterocycles. The van der Waals surface area contributed by atoms with Crippen LogP contribution < -0.4 is 25.3 Å². The molecule has 2 rings (SSSR count). The lowest BCUT2D eigenvalue weighted by atomic mass is 10.0. The van der Waals surface area contributed by atoms with Crippen LogP contribution in [0.4, 0.5) is 11.8 Å². The van der Waals surface area contributed by atoms with Crippen molar-refractivity contribution in [3.05, 3.63) is 23.9 Å². The third-order valence-electron chi connectivity index (χ3n) is 3.73. The first-order valence-corrected chi connectivity index (χ1v) is 8.29. The molecule has 8 heteroatoms. The van der Waals surface area contributed by atoms with Crippen molar-refractivity contribution in [2.45, 2.75) is 19.8 Å². The lowest BCUT2D eigenvalue weighted by Crippen LogP contribution is -2.11. The number of methoxy groups -OCH3 is 3. The van der Waals surface area contributed by atoms with Crippen molar-refractivity contribution >= 4 is 11.8 Å². The zero-order chi connectivity index (χ0) is 19.1. The summed E-state index contributed by atoms with van der Waals surface area (Å²) in [5.74, 6) is 3.20. The highest BCUT2D eigenvalue weighted by atomic mass is 16.5. The maximum absolute atomic E-state index is 6.11. The molecule has 0 saturated carbocycles. The van der Waals surface area contributed by atoms with Crippen molar-refractivity contribution in [3.8, 4) is 23.0 Å². The topological polar surface area (TPSA) is 101 Å². The zero-order valence-corrected chi connectivity index (χ0v) is 15.8. The van der Waals surface area contributed by atoms with E-state index in [-0.39, 0.29) is 11.9 Å². The Morgan fingerprint density at radius 3 is 2.35 bits per heavy atom. The van der Waals surface area contributed by atoms with Gasteiger partial charge in [-0.2, -0.15) is 4.98 Å². The summed E-state index contributed by atoms with van der Waals surface area (Å²) in [6.45, 7) is 5.24. The number of nitrogen functional groups attached to an aromatic ring is 1. The molecule has 0 bridgehead atoms. The molecule has 2 aromatic rings. The van der Waals surface area contributed by atoms with Crippen molar-refractivity contribution in [2.24, 2.45) is 0 Å². The number of nitrogens with one attached hydrogen (secondary N) is 1. The molecule has 1 heterocycles. The van der Waals surface area contributed by atoms with E-state index in [1.54, 1.807) is 27.4 Å². The van der Waals surface area contributed by atoms with Crippen molar-refractivity contribution in [1.29, 1.82) is 0 Å². The molecule has 1 aromatic heterocycles. The summed E-state index contributed by atoms with van der Waals surface area (Å²) in [5, 5.41) is 3.14. The summed E-state index contributed by atoms with van der Waals surface area (Å²) in [5.41, 5.74) is 6.68. The molecule has 0 atom stereocenters. The maximum Gasteiger partial charge on any atom is 0.222 e. The number of nitrogens with zero attached hydrogens (tertiary/aromatic N) is 2. The second-order valence-corrected chi connectivity index (χ2v) is 5.86. The first kappa shape index (κ1) is 19.6. The van der Waals surface area contributed by atoms with Crippen molar-refractivity contribution in [3.63, 3.8) is 0 Å². The van der Waals surface area contributed by atoms with Crippen molar-refractivity contribution in [1.82, 2.24) is 9.97 Å². The Morgan fingerprint density at radius 2 is 1.73 bits per heavy atom. The van der Waals surface area contributed by atoms with Crippen molar-refractivity contribution in [2.75, 3.05) is 45.5 Å². The van der Waals surface area contributed by atoms with E-state index in [0.29, 0.717) is 42.0 Å². The summed E-state index contributed by atoms with van der Waals surface area (Å²) in [4.78, 5) is 8.24. The van der Waals surface area contributed by atoms with Crippen LogP contribution in [0, 0.1) is 0 Å². The second kappa shape index (κ2) is 9.10. The Bertz CT molecular complexity index is 737. The molecular weight excluding hydrogens is 336 g/mol. The third-order valence-corrected chi connectivity index (χ3v) is 3.73. The first-order valence-electron chi connectivity index (χ1n) is 8.29. The van der Waals surface area contributed by atoms with Crippen LogP contribution in [0.15, 0.2) is 18.3 Å². The van der Waals surface area contributed by atoms with E-state index < -0.39 is 0 Å². The van der Waals surface area contributed by atoms with Gasteiger partial charge in [0.25, 0.3) is 0 Å². The largest absolute Gasteiger partial charge is 0.493 e. The van der Waals surface area contributed by atoms with E-state index in [4.69, 9.17) is 24.7 Å². The number of hydrogen-bond donors (Lipinski definition) is 2. The van der Waals surface area contributed by atoms with Gasteiger partial charge in [-0.15, -0.1) is 0 Å². The minimum Gasteiger partial charge on any atom is -0.493 e. The highest BCUT2D eigenvalue weighted by molar-refractivity contribution is 5.57. The fourth-order valence-electron chi connectivity index (χ4n) is 2.39. The van der Waals surface area contributed by atoms with Crippen LogP contribution in [0.1, 0.15) is 25.3 Å². The summed E-state index contributed by atoms with van der Waals surface area (Å²) < 4.78 is 21.9. The van der Waals surface area contributed by atoms with Crippen LogP contribution in [-0.2, 0) is 4.74 Å². The average Bonchev–Trinajstić information content (AvgIpc) is 2.63. The van der Waals surface area contributed by atoms with E-state index in [1.165, 1.54) is 6.20 Å². The lowest BCUT2D eigenvalue weighted by Gasteiger charge is -2.18. The van der Waals surface area contributed by atoms with Gasteiger partial charge in [0.15, 0.2) is 23.1 Å². The van der Waals surface area contributed by atoms with Gasteiger partial charge in [0, 0.05) is 25.3 Å². The quantitative estimate of drug-likeness (QED) is 0.657. The third kappa shape index (κ3) is 4.66. The SMILES string of the molecule is COCCNc1nc(N)ncc1Oc1cc(OC)c(OC)cc1C(C)C. The van der Waals surface area contributed by atoms with Gasteiger partial charge in [-0.25, -0.2) is 4.98 Å². The van der Waals surface area contributed by atoms with E-state index >= 15 is 0 Å². The molecule has 0 amide bonds. The van der Waals surface area contributed by atoms with Gasteiger partial charge in [0.05, 0.1) is 27.0 Å². The van der Waals surface area contributed by atoms with Crippen LogP contribution in [0.3, 0.4) is 0 Å². The Kier molecular flexibility index (Phi) is 6.85. The normalized spacial score (nSPS) is 10.7. The molecule has 0 aliphatic rings. The molecule has 1 aromatic carbocycles. The predicted molar refractivity (Wildman–Crippen MR) is 101 cm³/mol. The van der Waals surface area contributed by atoms with E-state index in [2.05, 4.69) is 29.1 Å². The lowest BCUT2D eigenvalue weighted by molar-refractivity contribution is 0.210. The average molecular weight is 362 g/mol. The summed E-state index contributed by atoms with van der Waals surface area (Å²) in [6.07, 6.45) is 1.54. The fourth-order valence-corrected chi connectivity index (χ4v) is 2.39. The molecular formula is C18H26N4O4. The molecule has 0 saturated heterocycles. The van der Waals surface area contributed by atoms with Gasteiger partial charge < -0.3 is 30.0 Å². The second-order valence-electron chi connectivity index (χ2n) is 5.86. The molecule has 3 N–H and O–H groups in total. The van der Waals surface area contributed by atoms with Gasteiger partial charge in [-0.05, 0) is 12.0 Å². The zero-order valence-electron chi connectivity index (χ0n) is 15.8. The summed E-state index contributed by atoms with van der Waals surface area (Å²) in [6, 6.07) is 3.71. The van der Waals surface area contributed by atoms with Gasteiger partial charge in [0.2, 0.25) is 5.95 Å². The van der Waals surface area contributed by atoms with Gasteiger partial charge in [0.1, 0.15) is 5.75 Å². The van der Waals surface area contributed by atoms with Crippen LogP contribution >= 0.6 is 0 Å². The minimum absolute atomic E-state index is 0.161. The summed E-state index contributed by atoms with van der Waals surface area (Å²) in [7, 11) is 4.82.